The van der Waals surface area contributed by atoms with Gasteiger partial charge in [-0.1, -0.05) is 12.1 Å². The van der Waals surface area contributed by atoms with Crippen molar-refractivity contribution in [1.82, 2.24) is 25.1 Å². The molecule has 0 aliphatic heterocycles. The number of thiophene rings is 1. The first-order valence-corrected chi connectivity index (χ1v) is 11.2. The maximum atomic E-state index is 4.64. The molecule has 0 spiro atoms. The minimum Gasteiger partial charge on any atom is -0.376 e. The van der Waals surface area contributed by atoms with E-state index in [-0.39, 0.29) is 0 Å². The lowest BCUT2D eigenvalue weighted by Crippen LogP contribution is -2.08. The van der Waals surface area contributed by atoms with Gasteiger partial charge in [0.1, 0.15) is 5.69 Å². The monoisotopic (exact) mass is 436 g/mol. The number of H-pyrrole nitrogens is 2. The Morgan fingerprint density at radius 3 is 2.62 bits per heavy atom. The van der Waals surface area contributed by atoms with Crippen molar-refractivity contribution in [3.05, 3.63) is 72.5 Å². The van der Waals surface area contributed by atoms with Crippen LogP contribution in [0.5, 0.6) is 0 Å². The molecule has 0 unspecified atom stereocenters. The van der Waals surface area contributed by atoms with Gasteiger partial charge in [-0.2, -0.15) is 5.10 Å². The molecule has 2 N–H and O–H groups in total. The number of anilines is 1. The standard InChI is InChI=1S/C25H20N6S/c1-31(2)17-10-16(13-26-14-17)15-5-6-21-18(11-15)24(30-29-21)22-12-19-20(28-22)7-8-27-25(19)23-4-3-9-32-23/h3-14,28H,1-2H3,(H,29,30). The van der Waals surface area contributed by atoms with Gasteiger partial charge in [0.2, 0.25) is 0 Å². The van der Waals surface area contributed by atoms with Gasteiger partial charge in [-0.25, -0.2) is 0 Å². The van der Waals surface area contributed by atoms with E-state index in [0.29, 0.717) is 0 Å². The topological polar surface area (TPSA) is 73.5 Å². The van der Waals surface area contributed by atoms with Crippen LogP contribution in [0, 0.1) is 0 Å². The van der Waals surface area contributed by atoms with Crippen LogP contribution in [0.2, 0.25) is 0 Å². The number of hydrogen-bond acceptors (Lipinski definition) is 5. The highest BCUT2D eigenvalue weighted by atomic mass is 32.1. The van der Waals surface area contributed by atoms with Crippen LogP contribution in [-0.4, -0.2) is 39.2 Å². The maximum absolute atomic E-state index is 4.64. The fourth-order valence-electron chi connectivity index (χ4n) is 4.02. The predicted octanol–water partition coefficient (Wildman–Crippen LogP) is 5.96. The molecule has 6 rings (SSSR count). The number of nitrogens with zero attached hydrogens (tertiary/aromatic N) is 4. The van der Waals surface area contributed by atoms with Gasteiger partial charge in [0.15, 0.2) is 0 Å². The summed E-state index contributed by atoms with van der Waals surface area (Å²) in [5.74, 6) is 0. The summed E-state index contributed by atoms with van der Waals surface area (Å²) < 4.78 is 0. The zero-order valence-corrected chi connectivity index (χ0v) is 18.4. The molecular weight excluding hydrogens is 416 g/mol. The summed E-state index contributed by atoms with van der Waals surface area (Å²) in [4.78, 5) is 15.8. The summed E-state index contributed by atoms with van der Waals surface area (Å²) in [5, 5.41) is 12.0. The largest absolute Gasteiger partial charge is 0.376 e. The van der Waals surface area contributed by atoms with E-state index in [1.807, 2.05) is 38.8 Å². The molecule has 6 nitrogen and oxygen atoms in total. The Morgan fingerprint density at radius 1 is 0.875 bits per heavy atom. The number of fused-ring (bicyclic) bond motifs is 2. The molecule has 0 bridgehead atoms. The zero-order valence-electron chi connectivity index (χ0n) is 17.6. The Hall–Kier alpha value is -3.97. The molecule has 156 valence electrons. The summed E-state index contributed by atoms with van der Waals surface area (Å²) in [7, 11) is 4.04. The van der Waals surface area contributed by atoms with Gasteiger partial charge in [-0.3, -0.25) is 15.1 Å². The number of nitrogens with one attached hydrogen (secondary N) is 2. The summed E-state index contributed by atoms with van der Waals surface area (Å²) in [5.41, 5.74) is 8.15. The van der Waals surface area contributed by atoms with Gasteiger partial charge < -0.3 is 9.88 Å². The van der Waals surface area contributed by atoms with Crippen LogP contribution in [0.15, 0.2) is 72.5 Å². The Kier molecular flexibility index (Phi) is 4.29. The van der Waals surface area contributed by atoms with Gasteiger partial charge in [0.05, 0.1) is 33.7 Å². The third-order valence-corrected chi connectivity index (χ3v) is 6.57. The number of hydrogen-bond donors (Lipinski definition) is 2. The van der Waals surface area contributed by atoms with Crippen molar-refractivity contribution in [1.29, 1.82) is 0 Å². The van der Waals surface area contributed by atoms with Crippen molar-refractivity contribution in [2.24, 2.45) is 0 Å². The van der Waals surface area contributed by atoms with E-state index in [2.05, 4.69) is 77.9 Å². The minimum atomic E-state index is 0.895. The van der Waals surface area contributed by atoms with E-state index in [4.69, 9.17) is 0 Å². The summed E-state index contributed by atoms with van der Waals surface area (Å²) in [6.45, 7) is 0. The van der Waals surface area contributed by atoms with Crippen LogP contribution in [-0.2, 0) is 0 Å². The molecule has 0 saturated heterocycles. The second-order valence-corrected chi connectivity index (χ2v) is 8.89. The third-order valence-electron chi connectivity index (χ3n) is 5.69. The van der Waals surface area contributed by atoms with Gasteiger partial charge in [0, 0.05) is 48.3 Å². The van der Waals surface area contributed by atoms with Crippen LogP contribution in [0.1, 0.15) is 0 Å². The van der Waals surface area contributed by atoms with Gasteiger partial charge in [-0.15, -0.1) is 11.3 Å². The van der Waals surface area contributed by atoms with Gasteiger partial charge in [0.25, 0.3) is 0 Å². The van der Waals surface area contributed by atoms with E-state index < -0.39 is 0 Å². The van der Waals surface area contributed by atoms with E-state index in [0.717, 1.165) is 60.6 Å². The highest BCUT2D eigenvalue weighted by Gasteiger charge is 2.15. The molecule has 0 aliphatic carbocycles. The summed E-state index contributed by atoms with van der Waals surface area (Å²) in [6, 6.07) is 16.8. The first-order valence-electron chi connectivity index (χ1n) is 10.3. The number of rotatable bonds is 4. The highest BCUT2D eigenvalue weighted by Crippen LogP contribution is 2.35. The van der Waals surface area contributed by atoms with Crippen molar-refractivity contribution in [3.63, 3.8) is 0 Å². The van der Waals surface area contributed by atoms with Crippen molar-refractivity contribution in [2.45, 2.75) is 0 Å². The molecule has 0 saturated carbocycles. The lowest BCUT2D eigenvalue weighted by atomic mass is 10.0. The van der Waals surface area contributed by atoms with Crippen molar-refractivity contribution in [3.8, 4) is 33.1 Å². The lowest BCUT2D eigenvalue weighted by Gasteiger charge is -2.13. The predicted molar refractivity (Wildman–Crippen MR) is 132 cm³/mol. The molecule has 6 aromatic rings. The molecule has 0 radical (unpaired) electrons. The average molecular weight is 437 g/mol. The number of benzene rings is 1. The van der Waals surface area contributed by atoms with Crippen LogP contribution in [0.4, 0.5) is 5.69 Å². The van der Waals surface area contributed by atoms with Crippen LogP contribution < -0.4 is 4.90 Å². The second-order valence-electron chi connectivity index (χ2n) is 7.94. The number of aromatic amines is 2. The van der Waals surface area contributed by atoms with E-state index >= 15 is 0 Å². The Labute approximate surface area is 188 Å². The van der Waals surface area contributed by atoms with Gasteiger partial charge >= 0.3 is 0 Å². The first-order chi connectivity index (χ1) is 15.7. The molecular formula is C25H20N6S. The molecule has 0 aliphatic rings. The van der Waals surface area contributed by atoms with E-state index in [1.54, 1.807) is 11.3 Å². The molecule has 32 heavy (non-hydrogen) atoms. The molecule has 7 heteroatoms. The third kappa shape index (κ3) is 3.06. The minimum absolute atomic E-state index is 0.895. The summed E-state index contributed by atoms with van der Waals surface area (Å²) >= 11 is 1.70. The first kappa shape index (κ1) is 18.8. The Balaban J connectivity index is 1.49. The zero-order chi connectivity index (χ0) is 21.7. The Morgan fingerprint density at radius 2 is 1.78 bits per heavy atom. The summed E-state index contributed by atoms with van der Waals surface area (Å²) in [6.07, 6.45) is 5.62. The fourth-order valence-corrected chi connectivity index (χ4v) is 4.76. The molecule has 0 atom stereocenters. The fraction of sp³-hybridized carbons (Fsp3) is 0.0800. The van der Waals surface area contributed by atoms with Crippen molar-refractivity contribution in [2.75, 3.05) is 19.0 Å². The van der Waals surface area contributed by atoms with Crippen molar-refractivity contribution >= 4 is 38.8 Å². The van der Waals surface area contributed by atoms with Crippen LogP contribution >= 0.6 is 11.3 Å². The van der Waals surface area contributed by atoms with Crippen LogP contribution in [0.3, 0.4) is 0 Å². The highest BCUT2D eigenvalue weighted by molar-refractivity contribution is 7.13. The number of aromatic nitrogens is 5. The molecule has 5 heterocycles. The van der Waals surface area contributed by atoms with E-state index in [1.165, 1.54) is 0 Å². The van der Waals surface area contributed by atoms with Crippen molar-refractivity contribution < 1.29 is 0 Å². The van der Waals surface area contributed by atoms with E-state index in [9.17, 15) is 0 Å². The lowest BCUT2D eigenvalue weighted by molar-refractivity contribution is 1.11. The van der Waals surface area contributed by atoms with Gasteiger partial charge in [-0.05, 0) is 47.3 Å². The maximum Gasteiger partial charge on any atom is 0.116 e. The number of pyridine rings is 2. The van der Waals surface area contributed by atoms with Crippen LogP contribution in [0.25, 0.3) is 54.9 Å². The Bertz CT molecular complexity index is 1560. The SMILES string of the molecule is CN(C)c1cncc(-c2ccc3[nH]nc(-c4cc5c(-c6cccs6)nccc5[nH]4)c3c2)c1. The smallest absolute Gasteiger partial charge is 0.116 e. The second kappa shape index (κ2) is 7.32. The molecule has 5 aromatic heterocycles. The molecule has 1 aromatic carbocycles. The molecule has 0 amide bonds. The quantitative estimate of drug-likeness (QED) is 0.357. The normalized spacial score (nSPS) is 11.4. The average Bonchev–Trinajstić information content (AvgIpc) is 3.57. The molecule has 0 fully saturated rings.